The highest BCUT2D eigenvalue weighted by atomic mass is 35.5. The van der Waals surface area contributed by atoms with E-state index in [0.717, 1.165) is 72.5 Å². The molecule has 0 aliphatic heterocycles. The molecule has 0 amide bonds. The Morgan fingerprint density at radius 2 is 0.582 bits per heavy atom. The maximum atomic E-state index is 6.90. The lowest BCUT2D eigenvalue weighted by atomic mass is 9.91. The second-order valence-electron chi connectivity index (χ2n) is 20.8. The number of hydrogen-bond acceptors (Lipinski definition) is 8. The van der Waals surface area contributed by atoms with Crippen molar-refractivity contribution in [3.63, 3.8) is 0 Å². The van der Waals surface area contributed by atoms with Gasteiger partial charge in [-0.3, -0.25) is 0 Å². The molecule has 8 nitrogen and oxygen atoms in total. The molecule has 0 bridgehead atoms. The molecular formula is C82H69ClN4O4. The summed E-state index contributed by atoms with van der Waals surface area (Å²) in [6.07, 6.45) is 10.8. The Labute approximate surface area is 540 Å². The van der Waals surface area contributed by atoms with Gasteiger partial charge < -0.3 is 18.9 Å². The predicted octanol–water partition coefficient (Wildman–Crippen LogP) is 19.9. The Kier molecular flexibility index (Phi) is 23.4. The van der Waals surface area contributed by atoms with E-state index in [1.165, 1.54) is 0 Å². The number of benzene rings is 9. The molecule has 0 N–H and O–H groups in total. The quantitative estimate of drug-likeness (QED) is 0.0379. The number of nitrogens with zero attached hydrogens (tertiary/aromatic N) is 4. The average molecular weight is 1210 g/mol. The first-order valence-electron chi connectivity index (χ1n) is 29.8. The Bertz CT molecular complexity index is 3970. The molecule has 0 aromatic heterocycles. The molecule has 0 unspecified atom stereocenters. The predicted molar refractivity (Wildman–Crippen MR) is 379 cm³/mol. The van der Waals surface area contributed by atoms with Gasteiger partial charge in [-0.2, -0.15) is 0 Å². The fourth-order valence-electron chi connectivity index (χ4n) is 9.35. The van der Waals surface area contributed by atoms with Gasteiger partial charge in [0.2, 0.25) is 0 Å². The van der Waals surface area contributed by atoms with Gasteiger partial charge in [0.1, 0.15) is 54.8 Å². The molecule has 0 saturated carbocycles. The highest BCUT2D eigenvalue weighted by Gasteiger charge is 2.36. The molecule has 0 aliphatic rings. The summed E-state index contributed by atoms with van der Waals surface area (Å²) >= 11 is 6.21. The van der Waals surface area contributed by atoms with E-state index >= 15 is 0 Å². The Hall–Kier alpha value is -11.3. The SMILES string of the molecule is C=C/C(=C\C)N=C=C(c1ccccc1)c1ccc(OCC(COc2ccc(C(=C=N/C(C=C)=C/C)c3ccccc3)cc2)(COc2ccc(C(=C=N/C(C=C)=C/C)c3ccccc3)cc2)COc2ccc(C(=C=Nc3ccc(Cl)cc3)c3ccccc3)cc2)cc1. The highest BCUT2D eigenvalue weighted by Crippen LogP contribution is 2.32. The highest BCUT2D eigenvalue weighted by molar-refractivity contribution is 6.30. The summed E-state index contributed by atoms with van der Waals surface area (Å²) in [4.78, 5) is 18.6. The number of hydrogen-bond donors (Lipinski definition) is 0. The van der Waals surface area contributed by atoms with Crippen LogP contribution in [0.1, 0.15) is 65.3 Å². The summed E-state index contributed by atoms with van der Waals surface area (Å²) in [6, 6.07) is 79.3. The lowest BCUT2D eigenvalue weighted by Crippen LogP contribution is -2.45. The van der Waals surface area contributed by atoms with E-state index in [0.29, 0.717) is 45.1 Å². The van der Waals surface area contributed by atoms with Gasteiger partial charge in [0, 0.05) is 5.02 Å². The molecule has 0 fully saturated rings. The number of halogens is 1. The third kappa shape index (κ3) is 18.4. The zero-order valence-electron chi connectivity index (χ0n) is 51.3. The molecule has 0 spiro atoms. The molecule has 9 aromatic rings. The van der Waals surface area contributed by atoms with Crippen molar-refractivity contribution in [1.29, 1.82) is 0 Å². The van der Waals surface area contributed by atoms with Crippen LogP contribution in [0.3, 0.4) is 0 Å². The largest absolute Gasteiger partial charge is 0.493 e. The molecule has 0 atom stereocenters. The summed E-state index contributed by atoms with van der Waals surface area (Å²) in [5, 5.41) is 0.633. The third-order valence-corrected chi connectivity index (χ3v) is 14.8. The van der Waals surface area contributed by atoms with E-state index in [1.807, 2.05) is 282 Å². The van der Waals surface area contributed by atoms with E-state index in [9.17, 15) is 0 Å². The van der Waals surface area contributed by atoms with Crippen LogP contribution in [0.25, 0.3) is 22.3 Å². The van der Waals surface area contributed by atoms with Crippen molar-refractivity contribution in [3.05, 3.63) is 365 Å². The van der Waals surface area contributed by atoms with Gasteiger partial charge in [-0.05, 0) is 228 Å². The van der Waals surface area contributed by atoms with Crippen LogP contribution >= 0.6 is 11.6 Å². The fourth-order valence-corrected chi connectivity index (χ4v) is 9.48. The topological polar surface area (TPSA) is 86.4 Å². The van der Waals surface area contributed by atoms with Gasteiger partial charge in [0.15, 0.2) is 0 Å². The van der Waals surface area contributed by atoms with Gasteiger partial charge in [-0.25, -0.2) is 20.0 Å². The normalized spacial score (nSPS) is 11.7. The Morgan fingerprint density at radius 3 is 0.824 bits per heavy atom. The number of rotatable bonds is 27. The third-order valence-electron chi connectivity index (χ3n) is 14.5. The maximum absolute atomic E-state index is 6.90. The minimum absolute atomic E-state index is 0.107. The number of aliphatic imine (C=N–C) groups is 4. The Balaban J connectivity index is 1.10. The summed E-state index contributed by atoms with van der Waals surface area (Å²) < 4.78 is 27.6. The van der Waals surface area contributed by atoms with Crippen molar-refractivity contribution in [2.45, 2.75) is 20.8 Å². The molecule has 448 valence electrons. The average Bonchev–Trinajstić information content (AvgIpc) is 3.35. The molecule has 9 aromatic carbocycles. The van der Waals surface area contributed by atoms with Crippen molar-refractivity contribution >= 4 is 63.1 Å². The van der Waals surface area contributed by atoms with Crippen molar-refractivity contribution in [2.24, 2.45) is 25.4 Å². The molecule has 0 saturated heterocycles. The van der Waals surface area contributed by atoms with Gasteiger partial charge in [0.25, 0.3) is 0 Å². The first-order chi connectivity index (χ1) is 44.7. The summed E-state index contributed by atoms with van der Waals surface area (Å²) in [7, 11) is 0. The van der Waals surface area contributed by atoms with E-state index < -0.39 is 5.41 Å². The molecule has 9 heteroatoms. The van der Waals surface area contributed by atoms with Gasteiger partial charge in [0.05, 0.1) is 45.1 Å². The number of ether oxygens (including phenoxy) is 4. The lowest BCUT2D eigenvalue weighted by molar-refractivity contribution is -0.00352. The van der Waals surface area contributed by atoms with Crippen LogP contribution < -0.4 is 18.9 Å². The van der Waals surface area contributed by atoms with Crippen LogP contribution in [0.15, 0.2) is 336 Å². The first kappa shape index (κ1) is 64.2. The first-order valence-corrected chi connectivity index (χ1v) is 30.2. The Morgan fingerprint density at radius 1 is 0.341 bits per heavy atom. The van der Waals surface area contributed by atoms with Gasteiger partial charge in [-0.15, -0.1) is 0 Å². The standard InChI is InChI=1S/C82H69ClN4O4/c1-7-70(8-2)84-53-78(61-25-17-13-18-26-61)65-33-45-74(46-34-65)88-57-82(58-89-75-47-35-66(36-48-75)79(54-85-71(9-3)10-4)62-27-19-14-20-28-62,59-90-76-49-37-67(38-50-76)80(55-86-72(11-5)12-6)63-29-21-15-22-30-63)60-91-77-51-39-68(40-52-77)81(64-31-23-16-24-32-64)56-87-73-43-41-69(83)42-44-73/h7-52H,1,3,5,57-60H2,2,4,6H3/b70-8+,71-10+,72-12+. The van der Waals surface area contributed by atoms with Crippen LogP contribution in [0.5, 0.6) is 23.0 Å². The van der Waals surface area contributed by atoms with Crippen LogP contribution in [-0.4, -0.2) is 49.9 Å². The molecule has 91 heavy (non-hydrogen) atoms. The number of allylic oxidation sites excluding steroid dienone is 6. The maximum Gasteiger partial charge on any atom is 0.119 e. The van der Waals surface area contributed by atoms with Crippen molar-refractivity contribution < 1.29 is 18.9 Å². The molecule has 0 radical (unpaired) electrons. The summed E-state index contributed by atoms with van der Waals surface area (Å²) in [5.41, 5.74) is 12.6. The van der Waals surface area contributed by atoms with E-state index in [1.54, 1.807) is 18.2 Å². The van der Waals surface area contributed by atoms with Gasteiger partial charge in [-0.1, -0.05) is 171 Å². The summed E-state index contributed by atoms with van der Waals surface area (Å²) in [5.74, 6) is 15.7. The van der Waals surface area contributed by atoms with E-state index in [2.05, 4.69) is 58.2 Å². The van der Waals surface area contributed by atoms with Crippen LogP contribution in [0.4, 0.5) is 5.69 Å². The van der Waals surface area contributed by atoms with Crippen LogP contribution in [0, 0.1) is 5.41 Å². The summed E-state index contributed by atoms with van der Waals surface area (Å²) in [6.45, 7) is 18.0. The smallest absolute Gasteiger partial charge is 0.119 e. The van der Waals surface area contributed by atoms with Crippen molar-refractivity contribution in [1.82, 2.24) is 0 Å². The van der Waals surface area contributed by atoms with Crippen molar-refractivity contribution in [3.8, 4) is 23.0 Å². The van der Waals surface area contributed by atoms with Crippen molar-refractivity contribution in [2.75, 3.05) is 26.4 Å². The van der Waals surface area contributed by atoms with Gasteiger partial charge >= 0.3 is 0 Å². The second-order valence-corrected chi connectivity index (χ2v) is 21.3. The van der Waals surface area contributed by atoms with E-state index in [-0.39, 0.29) is 26.4 Å². The molecule has 0 aliphatic carbocycles. The van der Waals surface area contributed by atoms with E-state index in [4.69, 9.17) is 35.5 Å². The minimum atomic E-state index is -0.977. The fraction of sp³-hybridized carbons (Fsp3) is 0.0976. The molecule has 0 heterocycles. The van der Waals surface area contributed by atoms with Crippen LogP contribution in [0.2, 0.25) is 5.02 Å². The molecule has 9 rings (SSSR count). The monoisotopic (exact) mass is 1210 g/mol. The zero-order chi connectivity index (χ0) is 63.5. The molecular weight excluding hydrogens is 1140 g/mol. The van der Waals surface area contributed by atoms with Crippen LogP contribution in [-0.2, 0) is 0 Å². The lowest BCUT2D eigenvalue weighted by Gasteiger charge is -2.33. The second kappa shape index (κ2) is 33.2. The zero-order valence-corrected chi connectivity index (χ0v) is 52.1. The minimum Gasteiger partial charge on any atom is -0.493 e.